The fraction of sp³-hybridized carbons (Fsp3) is 0.875. The Morgan fingerprint density at radius 2 is 1.40 bits per heavy atom. The Labute approximate surface area is 249 Å². The predicted molar refractivity (Wildman–Crippen MR) is 172 cm³/mol. The molecule has 0 aliphatic heterocycles. The number of carbonyl (C=O) groups excluding carboxylic acids is 2. The van der Waals surface area contributed by atoms with Gasteiger partial charge in [0, 0.05) is 11.3 Å². The van der Waals surface area contributed by atoms with Crippen molar-refractivity contribution in [1.82, 2.24) is 5.48 Å². The normalized spacial score (nSPS) is 19.4. The van der Waals surface area contributed by atoms with Crippen molar-refractivity contribution < 1.29 is 23.3 Å². The van der Waals surface area contributed by atoms with Crippen molar-refractivity contribution in [2.75, 3.05) is 0 Å². The largest absolute Gasteiger partial charge is 0.600 e. The maximum absolute atomic E-state index is 14.4. The first-order chi connectivity index (χ1) is 18.0. The highest BCUT2D eigenvalue weighted by atomic mass is 28.4. The minimum atomic E-state index is -2.32. The second-order valence-corrected chi connectivity index (χ2v) is 25.3. The molecule has 0 aromatic rings. The van der Waals surface area contributed by atoms with Gasteiger partial charge in [-0.2, -0.15) is 4.84 Å². The number of hydroxylamine groups is 1. The monoisotopic (exact) mass is 597 g/mol. The predicted octanol–water partition coefficient (Wildman–Crippen LogP) is 8.59. The average Bonchev–Trinajstić information content (AvgIpc) is 2.83. The quantitative estimate of drug-likeness (QED) is 0.0935. The summed E-state index contributed by atoms with van der Waals surface area (Å²) >= 11 is 0. The summed E-state index contributed by atoms with van der Waals surface area (Å²) in [5.41, 5.74) is 2.06. The Kier molecular flexibility index (Phi) is 13.1. The van der Waals surface area contributed by atoms with Crippen LogP contribution in [0.1, 0.15) is 108 Å². The van der Waals surface area contributed by atoms with Crippen LogP contribution in [0.3, 0.4) is 0 Å². The van der Waals surface area contributed by atoms with Crippen molar-refractivity contribution >= 4 is 28.4 Å². The van der Waals surface area contributed by atoms with Crippen LogP contribution in [0.2, 0.25) is 36.3 Å². The number of carbonyl (C=O) groups is 2. The summed E-state index contributed by atoms with van der Waals surface area (Å²) in [6, 6.07) is 0.195. The fourth-order valence-electron chi connectivity index (χ4n) is 4.75. The molecule has 1 radical (unpaired) electrons. The Bertz CT molecular complexity index is 850. The van der Waals surface area contributed by atoms with E-state index in [1.54, 1.807) is 0 Å². The molecule has 1 aliphatic rings. The first kappa shape index (κ1) is 37.2. The number of nitrogens with one attached hydrogen (secondary N) is 1. The number of ketones is 1. The summed E-state index contributed by atoms with van der Waals surface area (Å²) in [6.07, 6.45) is 6.52. The number of hydrogen-bond acceptors (Lipinski definition) is 6. The maximum Gasteiger partial charge on any atom is 0.600 e. The minimum Gasteiger partial charge on any atom is -0.413 e. The highest BCUT2D eigenvalue weighted by Gasteiger charge is 2.51. The molecule has 1 rings (SSSR count). The molecule has 0 aromatic carbocycles. The van der Waals surface area contributed by atoms with Gasteiger partial charge in [-0.25, -0.2) is 0 Å². The lowest BCUT2D eigenvalue weighted by Crippen LogP contribution is -2.54. The fourth-order valence-corrected chi connectivity index (χ4v) is 7.65. The van der Waals surface area contributed by atoms with Crippen molar-refractivity contribution in [3.8, 4) is 0 Å². The minimum absolute atomic E-state index is 0.00621. The van der Waals surface area contributed by atoms with E-state index in [1.165, 1.54) is 6.42 Å². The number of hydrogen-bond donors (Lipinski definition) is 1. The van der Waals surface area contributed by atoms with E-state index in [0.29, 0.717) is 0 Å². The van der Waals surface area contributed by atoms with Crippen molar-refractivity contribution in [2.24, 2.45) is 17.3 Å². The third kappa shape index (κ3) is 9.89. The average molecular weight is 598 g/mol. The van der Waals surface area contributed by atoms with E-state index >= 15 is 0 Å². The molecule has 0 heterocycles. The van der Waals surface area contributed by atoms with Gasteiger partial charge in [-0.1, -0.05) is 94.6 Å². The van der Waals surface area contributed by atoms with Gasteiger partial charge in [-0.15, -0.1) is 6.58 Å². The van der Waals surface area contributed by atoms with E-state index in [4.69, 9.17) is 13.7 Å². The van der Waals surface area contributed by atoms with Crippen LogP contribution in [-0.2, 0) is 23.3 Å². The summed E-state index contributed by atoms with van der Waals surface area (Å²) in [5, 5.41) is -0.0704. The maximum atomic E-state index is 14.4. The summed E-state index contributed by atoms with van der Waals surface area (Å²) in [5.74, 6) is -0.745. The molecule has 0 saturated heterocycles. The van der Waals surface area contributed by atoms with Gasteiger partial charge in [0.05, 0.1) is 23.0 Å². The SMILES string of the molecule is C=C[C@H](C)[C@H](O[Si](C)(C)C(C)(C)C)[C@@H](C)C(=O)C(C)(C)[C@H](CC(=[O+])ONC1CCCCC1)O[Si](C)(C)C(C)(C)C. The van der Waals surface area contributed by atoms with Crippen molar-refractivity contribution in [3.63, 3.8) is 0 Å². The molecule has 8 heteroatoms. The Morgan fingerprint density at radius 3 is 1.85 bits per heavy atom. The lowest BCUT2D eigenvalue weighted by Gasteiger charge is -2.45. The summed E-state index contributed by atoms with van der Waals surface area (Å²) in [4.78, 5) is 33.1. The van der Waals surface area contributed by atoms with Crippen molar-refractivity contribution in [1.29, 1.82) is 0 Å². The van der Waals surface area contributed by atoms with E-state index in [9.17, 15) is 9.59 Å². The molecule has 0 aromatic heterocycles. The topological polar surface area (TPSA) is 76.7 Å². The third-order valence-electron chi connectivity index (χ3n) is 10.0. The lowest BCUT2D eigenvalue weighted by molar-refractivity contribution is -0.158. The molecule has 233 valence electrons. The van der Waals surface area contributed by atoms with Gasteiger partial charge in [-0.05, 0) is 60.5 Å². The van der Waals surface area contributed by atoms with Crippen LogP contribution in [0, 0.1) is 17.3 Å². The van der Waals surface area contributed by atoms with Crippen LogP contribution in [0.25, 0.3) is 0 Å². The molecule has 0 unspecified atom stereocenters. The van der Waals surface area contributed by atoms with Crippen LogP contribution in [0.4, 0.5) is 0 Å². The molecule has 0 amide bonds. The zero-order chi connectivity index (χ0) is 31.3. The van der Waals surface area contributed by atoms with Crippen molar-refractivity contribution in [2.45, 2.75) is 162 Å². The van der Waals surface area contributed by atoms with E-state index in [1.807, 2.05) is 26.8 Å². The van der Waals surface area contributed by atoms with E-state index in [0.717, 1.165) is 25.7 Å². The third-order valence-corrected chi connectivity index (χ3v) is 19.0. The molecular weight excluding hydrogens is 535 g/mol. The molecule has 6 nitrogen and oxygen atoms in total. The standard InChI is InChI=1S/C32H63NO5Si2/c1-16-23(2)28(38-40(14,15)31(7,8)9)24(3)29(35)32(10,11)26(37-39(12,13)30(4,5)6)22-27(34)36-33-25-20-18-17-19-21-25/h16,23-26,28,33H,1,17-22H2,2-15H3/q+1/t23-,24+,26-,28-/m0/s1. The smallest absolute Gasteiger partial charge is 0.413 e. The highest BCUT2D eigenvalue weighted by molar-refractivity contribution is 6.74. The first-order valence-corrected chi connectivity index (χ1v) is 21.3. The van der Waals surface area contributed by atoms with Crippen LogP contribution in [-0.4, -0.2) is 46.6 Å². The Balaban J connectivity index is 3.31. The molecule has 0 spiro atoms. The highest BCUT2D eigenvalue weighted by Crippen LogP contribution is 2.43. The van der Waals surface area contributed by atoms with Gasteiger partial charge in [0.25, 0.3) is 0 Å². The van der Waals surface area contributed by atoms with Crippen molar-refractivity contribution in [3.05, 3.63) is 12.7 Å². The van der Waals surface area contributed by atoms with Gasteiger partial charge in [0.15, 0.2) is 16.6 Å². The van der Waals surface area contributed by atoms with Crippen LogP contribution in [0.15, 0.2) is 12.7 Å². The van der Waals surface area contributed by atoms with Crippen LogP contribution >= 0.6 is 0 Å². The summed E-state index contributed by atoms with van der Waals surface area (Å²) in [6.45, 7) is 33.8. The Morgan fingerprint density at radius 1 is 0.925 bits per heavy atom. The molecule has 1 N–H and O–H groups in total. The van der Waals surface area contributed by atoms with E-state index in [-0.39, 0.29) is 46.3 Å². The van der Waals surface area contributed by atoms with Gasteiger partial charge in [0.1, 0.15) is 12.2 Å². The van der Waals surface area contributed by atoms with Crippen LogP contribution < -0.4 is 5.48 Å². The zero-order valence-corrected chi connectivity index (χ0v) is 30.5. The number of Topliss-reactive ketones (excluding diaryl/α,β-unsaturated/α-hetero) is 1. The molecule has 1 fully saturated rings. The first-order valence-electron chi connectivity index (χ1n) is 15.5. The Hall–Kier alpha value is -0.806. The lowest BCUT2D eigenvalue weighted by atomic mass is 9.73. The molecular formula is C32H63NO5Si2+. The van der Waals surface area contributed by atoms with Crippen LogP contribution in [0.5, 0.6) is 0 Å². The molecule has 40 heavy (non-hydrogen) atoms. The molecule has 0 bridgehead atoms. The van der Waals surface area contributed by atoms with E-state index in [2.05, 4.69) is 86.7 Å². The van der Waals surface area contributed by atoms with E-state index < -0.39 is 34.1 Å². The number of rotatable bonds is 14. The second-order valence-electron chi connectivity index (χ2n) is 15.8. The van der Waals surface area contributed by atoms with Gasteiger partial charge in [0.2, 0.25) is 0 Å². The summed E-state index contributed by atoms with van der Waals surface area (Å²) < 4.78 is 13.7. The molecule has 1 aliphatic carbocycles. The van der Waals surface area contributed by atoms with Gasteiger partial charge < -0.3 is 8.85 Å². The zero-order valence-electron chi connectivity index (χ0n) is 28.5. The summed E-state index contributed by atoms with van der Waals surface area (Å²) in [7, 11) is -4.49. The molecule has 1 saturated carbocycles. The molecule has 4 atom stereocenters. The van der Waals surface area contributed by atoms with Gasteiger partial charge in [-0.3, -0.25) is 4.79 Å². The van der Waals surface area contributed by atoms with Gasteiger partial charge >= 0.3 is 5.97 Å². The second kappa shape index (κ2) is 14.1.